The first kappa shape index (κ1) is 14.5. The molecule has 1 aromatic rings. The first-order chi connectivity index (χ1) is 10.6. The Bertz CT molecular complexity index is 637. The number of carbonyl (C=O) groups excluding carboxylic acids is 3. The Morgan fingerprint density at radius 1 is 1.23 bits per heavy atom. The van der Waals surface area contributed by atoms with Gasteiger partial charge < -0.3 is 5.32 Å². The van der Waals surface area contributed by atoms with Crippen molar-refractivity contribution in [2.24, 2.45) is 5.92 Å². The minimum Gasteiger partial charge on any atom is -0.314 e. The molecule has 1 saturated carbocycles. The van der Waals surface area contributed by atoms with Gasteiger partial charge in [-0.25, -0.2) is 4.79 Å². The number of nitrogens with zero attached hydrogens (tertiary/aromatic N) is 1. The summed E-state index contributed by atoms with van der Waals surface area (Å²) < 4.78 is 0. The minimum absolute atomic E-state index is 0.145. The number of rotatable bonds is 5. The average Bonchev–Trinajstić information content (AvgIpc) is 3.28. The number of benzene rings is 1. The number of carbonyl (C=O) groups is 3. The van der Waals surface area contributed by atoms with Crippen LogP contribution in [-0.2, 0) is 16.1 Å². The van der Waals surface area contributed by atoms with Gasteiger partial charge in [-0.05, 0) is 12.1 Å². The number of barbiturate groups is 1. The molecule has 2 fully saturated rings. The number of nitrogens with two attached hydrogens (primary N) is 1. The molecule has 1 aliphatic carbocycles. The lowest BCUT2D eigenvalue weighted by Gasteiger charge is -2.29. The fraction of sp³-hybridized carbons (Fsp3) is 0.312. The van der Waals surface area contributed by atoms with E-state index in [-0.39, 0.29) is 6.54 Å². The van der Waals surface area contributed by atoms with Crippen LogP contribution in [-0.4, -0.2) is 28.8 Å². The highest BCUT2D eigenvalue weighted by atomic mass is 16.2. The zero-order valence-electron chi connectivity index (χ0n) is 12.1. The molecule has 0 unspecified atom stereocenters. The third-order valence-corrected chi connectivity index (χ3v) is 3.88. The number of hydrogen-bond donors (Lipinski definition) is 2. The quantitative estimate of drug-likeness (QED) is 0.758. The molecule has 4 amide bonds. The summed E-state index contributed by atoms with van der Waals surface area (Å²) in [6.45, 7) is 4.00. The molecule has 3 N–H and O–H groups in total. The maximum absolute atomic E-state index is 12.6. The summed E-state index contributed by atoms with van der Waals surface area (Å²) in [6.07, 6.45) is 2.13. The van der Waals surface area contributed by atoms with Gasteiger partial charge in [0.1, 0.15) is 5.70 Å². The second-order valence-electron chi connectivity index (χ2n) is 5.72. The van der Waals surface area contributed by atoms with Crippen molar-refractivity contribution in [1.29, 1.82) is 0 Å². The molecule has 0 radical (unpaired) electrons. The zero-order valence-corrected chi connectivity index (χ0v) is 12.1. The third-order valence-electron chi connectivity index (χ3n) is 3.88. The number of amides is 4. The molecule has 0 spiro atoms. The largest absolute Gasteiger partial charge is 0.331 e. The van der Waals surface area contributed by atoms with Crippen LogP contribution < -0.4 is 10.6 Å². The maximum atomic E-state index is 12.6. The summed E-state index contributed by atoms with van der Waals surface area (Å²) in [7, 11) is 0. The van der Waals surface area contributed by atoms with E-state index in [1.807, 2.05) is 35.6 Å². The number of urea groups is 1. The highest BCUT2D eigenvalue weighted by Crippen LogP contribution is 2.19. The maximum Gasteiger partial charge on any atom is 0.331 e. The van der Waals surface area contributed by atoms with Crippen molar-refractivity contribution in [2.75, 3.05) is 0 Å². The van der Waals surface area contributed by atoms with Crippen LogP contribution in [0.15, 0.2) is 42.6 Å². The van der Waals surface area contributed by atoms with Crippen LogP contribution in [0.1, 0.15) is 18.4 Å². The number of quaternary nitrogens is 1. The molecule has 1 aliphatic heterocycles. The standard InChI is InChI=1S/C16H17N3O3/c1-10(17-12-7-8-12)13-14(20)18-16(22)19(15(13)21)9-11-5-3-2-4-6-11/h2-6,12-13,17H,1,7-9H2,(H,18,20,22)/p+1/t13-/m0/s1. The van der Waals surface area contributed by atoms with Gasteiger partial charge in [-0.1, -0.05) is 30.3 Å². The van der Waals surface area contributed by atoms with E-state index < -0.39 is 23.8 Å². The van der Waals surface area contributed by atoms with Crippen LogP contribution >= 0.6 is 0 Å². The van der Waals surface area contributed by atoms with Gasteiger partial charge in [0, 0.05) is 12.8 Å². The van der Waals surface area contributed by atoms with Crippen molar-refractivity contribution >= 4 is 17.8 Å². The molecule has 1 aromatic carbocycles. The van der Waals surface area contributed by atoms with Gasteiger partial charge in [-0.2, -0.15) is 0 Å². The van der Waals surface area contributed by atoms with Crippen molar-refractivity contribution in [3.63, 3.8) is 0 Å². The molecule has 0 aromatic heterocycles. The van der Waals surface area contributed by atoms with E-state index in [9.17, 15) is 14.4 Å². The van der Waals surface area contributed by atoms with E-state index in [1.54, 1.807) is 0 Å². The van der Waals surface area contributed by atoms with E-state index >= 15 is 0 Å². The Labute approximate surface area is 128 Å². The molecule has 6 heteroatoms. The van der Waals surface area contributed by atoms with Gasteiger partial charge in [0.2, 0.25) is 0 Å². The van der Waals surface area contributed by atoms with Gasteiger partial charge in [0.05, 0.1) is 12.6 Å². The van der Waals surface area contributed by atoms with Crippen molar-refractivity contribution in [3.05, 3.63) is 48.2 Å². The monoisotopic (exact) mass is 300 g/mol. The van der Waals surface area contributed by atoms with Gasteiger partial charge in [-0.15, -0.1) is 0 Å². The summed E-state index contributed by atoms with van der Waals surface area (Å²) in [5.41, 5.74) is 1.31. The van der Waals surface area contributed by atoms with Crippen molar-refractivity contribution < 1.29 is 19.7 Å². The van der Waals surface area contributed by atoms with Crippen LogP contribution in [0, 0.1) is 5.92 Å². The van der Waals surface area contributed by atoms with Crippen LogP contribution in [0.5, 0.6) is 0 Å². The predicted molar refractivity (Wildman–Crippen MR) is 78.1 cm³/mol. The summed E-state index contributed by atoms with van der Waals surface area (Å²) in [6, 6.07) is 8.94. The first-order valence-electron chi connectivity index (χ1n) is 7.30. The minimum atomic E-state index is -0.998. The fourth-order valence-electron chi connectivity index (χ4n) is 2.52. The Morgan fingerprint density at radius 2 is 1.91 bits per heavy atom. The molecule has 114 valence electrons. The number of hydrogen-bond acceptors (Lipinski definition) is 3. The summed E-state index contributed by atoms with van der Waals surface area (Å²) in [5, 5.41) is 4.12. The van der Waals surface area contributed by atoms with Crippen LogP contribution in [0.3, 0.4) is 0 Å². The van der Waals surface area contributed by atoms with E-state index in [0.29, 0.717) is 11.7 Å². The molecule has 2 aliphatic rings. The average molecular weight is 300 g/mol. The van der Waals surface area contributed by atoms with E-state index in [4.69, 9.17) is 0 Å². The molecule has 1 atom stereocenters. The molecule has 1 saturated heterocycles. The third kappa shape index (κ3) is 2.92. The highest BCUT2D eigenvalue weighted by Gasteiger charge is 2.45. The van der Waals surface area contributed by atoms with Gasteiger partial charge in [0.15, 0.2) is 5.92 Å². The van der Waals surface area contributed by atoms with Gasteiger partial charge in [0.25, 0.3) is 11.8 Å². The lowest BCUT2D eigenvalue weighted by Crippen LogP contribution is -2.86. The Balaban J connectivity index is 1.77. The number of nitrogens with one attached hydrogen (secondary N) is 1. The second-order valence-corrected chi connectivity index (χ2v) is 5.72. The molecular formula is C16H18N3O3+. The fourth-order valence-corrected chi connectivity index (χ4v) is 2.52. The van der Waals surface area contributed by atoms with Crippen molar-refractivity contribution in [2.45, 2.75) is 25.4 Å². The van der Waals surface area contributed by atoms with E-state index in [0.717, 1.165) is 23.3 Å². The van der Waals surface area contributed by atoms with E-state index in [1.165, 1.54) is 0 Å². The summed E-state index contributed by atoms with van der Waals surface area (Å²) in [5.74, 6) is -2.08. The number of imide groups is 2. The van der Waals surface area contributed by atoms with Crippen LogP contribution in [0.4, 0.5) is 4.79 Å². The normalized spacial score (nSPS) is 21.7. The van der Waals surface area contributed by atoms with Crippen molar-refractivity contribution in [1.82, 2.24) is 10.2 Å². The molecule has 6 nitrogen and oxygen atoms in total. The Morgan fingerprint density at radius 3 is 2.55 bits per heavy atom. The first-order valence-corrected chi connectivity index (χ1v) is 7.30. The molecule has 3 rings (SSSR count). The summed E-state index contributed by atoms with van der Waals surface area (Å²) >= 11 is 0. The molecule has 0 bridgehead atoms. The van der Waals surface area contributed by atoms with Crippen LogP contribution in [0.25, 0.3) is 0 Å². The smallest absolute Gasteiger partial charge is 0.314 e. The summed E-state index contributed by atoms with van der Waals surface area (Å²) in [4.78, 5) is 37.6. The Kier molecular flexibility index (Phi) is 3.77. The SMILES string of the molecule is C=C([NH2+]C1CC1)[C@H]1C(=O)NC(=O)N(Cc2ccccc2)C1=O. The van der Waals surface area contributed by atoms with Gasteiger partial charge >= 0.3 is 6.03 Å². The molecule has 1 heterocycles. The molecular weight excluding hydrogens is 282 g/mol. The Hall–Kier alpha value is -2.47. The molecule has 22 heavy (non-hydrogen) atoms. The zero-order chi connectivity index (χ0) is 15.7. The predicted octanol–water partition coefficient (Wildman–Crippen LogP) is 0.121. The van der Waals surface area contributed by atoms with Crippen LogP contribution in [0.2, 0.25) is 0 Å². The van der Waals surface area contributed by atoms with Gasteiger partial charge in [-0.3, -0.25) is 19.8 Å². The lowest BCUT2D eigenvalue weighted by molar-refractivity contribution is -0.623. The lowest BCUT2D eigenvalue weighted by atomic mass is 10.0. The highest BCUT2D eigenvalue weighted by molar-refractivity contribution is 6.17. The second kappa shape index (κ2) is 5.73. The topological polar surface area (TPSA) is 83.1 Å². The van der Waals surface area contributed by atoms with E-state index in [2.05, 4.69) is 11.9 Å². The van der Waals surface area contributed by atoms with Crippen molar-refractivity contribution in [3.8, 4) is 0 Å².